The molecule has 0 rings (SSSR count). The highest BCUT2D eigenvalue weighted by molar-refractivity contribution is 7.92. The van der Waals surface area contributed by atoms with Gasteiger partial charge in [-0.05, 0) is 20.8 Å². The second kappa shape index (κ2) is 8.48. The molecular formula is C6H12AlCl3O9S3. The molecule has 0 saturated heterocycles. The number of hydrogen-bond acceptors (Lipinski definition) is 9. The molecule has 0 aromatic carbocycles. The van der Waals surface area contributed by atoms with Gasteiger partial charge < -0.3 is 9.70 Å². The highest BCUT2D eigenvalue weighted by atomic mass is 35.5. The average Bonchev–Trinajstić information content (AvgIpc) is 2.25. The summed E-state index contributed by atoms with van der Waals surface area (Å²) < 4.78 is 77.3. The first-order valence-corrected chi connectivity index (χ1v) is 12.4. The third kappa shape index (κ3) is 7.35. The van der Waals surface area contributed by atoms with Crippen LogP contribution in [0.25, 0.3) is 0 Å². The van der Waals surface area contributed by atoms with Crippen LogP contribution in [0.4, 0.5) is 0 Å². The number of halogens is 3. The summed E-state index contributed by atoms with van der Waals surface area (Å²) in [4.78, 5) is 0. The molecule has 22 heavy (non-hydrogen) atoms. The van der Waals surface area contributed by atoms with Crippen molar-refractivity contribution >= 4 is 80.3 Å². The molecule has 0 aromatic rings. The standard InChI is InChI=1S/3C2H5ClO3S.Al/c3*1-2(3)7(4,5)6;/h3*2H,1H3,(H,4,5,6);/q;;;+3/p-3. The molecule has 3 unspecified atom stereocenters. The van der Waals surface area contributed by atoms with Gasteiger partial charge in [-0.2, -0.15) is 0 Å². The summed E-state index contributed by atoms with van der Waals surface area (Å²) in [7, 11) is -13.6. The SMILES string of the molecule is CC(Cl)S(=O)(=O)[O][Al]([O]S(=O)(=O)C(C)Cl)[O]S(=O)(=O)C(C)Cl. The predicted molar refractivity (Wildman–Crippen MR) is 81.7 cm³/mol. The van der Waals surface area contributed by atoms with Gasteiger partial charge in [0.25, 0.3) is 30.4 Å². The van der Waals surface area contributed by atoms with E-state index < -0.39 is 59.6 Å². The zero-order chi connectivity index (χ0) is 17.9. The molecule has 0 fully saturated rings. The van der Waals surface area contributed by atoms with E-state index in [2.05, 4.69) is 9.70 Å². The zero-order valence-corrected chi connectivity index (χ0v) is 17.2. The summed E-state index contributed by atoms with van der Waals surface area (Å²) in [6, 6.07) is 0. The van der Waals surface area contributed by atoms with Gasteiger partial charge in [0.1, 0.15) is 0 Å². The van der Waals surface area contributed by atoms with E-state index >= 15 is 0 Å². The van der Waals surface area contributed by atoms with Gasteiger partial charge in [-0.25, -0.2) is 25.3 Å². The summed E-state index contributed by atoms with van der Waals surface area (Å²) in [5, 5.41) is 0. The second-order valence-electron chi connectivity index (χ2n) is 3.68. The third-order valence-corrected chi connectivity index (χ3v) is 11.3. The molecule has 0 saturated carbocycles. The molecule has 0 radical (unpaired) electrons. The average molecular weight is 458 g/mol. The Bertz CT molecular complexity index is 574. The third-order valence-electron chi connectivity index (χ3n) is 1.83. The Morgan fingerprint density at radius 1 is 0.636 bits per heavy atom. The molecule has 9 nitrogen and oxygen atoms in total. The van der Waals surface area contributed by atoms with Crippen molar-refractivity contribution in [2.24, 2.45) is 0 Å². The lowest BCUT2D eigenvalue weighted by atomic mass is 11.0. The van der Waals surface area contributed by atoms with Crippen LogP contribution in [-0.2, 0) is 40.1 Å². The monoisotopic (exact) mass is 456 g/mol. The maximum absolute atomic E-state index is 11.5. The van der Waals surface area contributed by atoms with Crippen LogP contribution < -0.4 is 0 Å². The number of hydrogen-bond donors (Lipinski definition) is 0. The fourth-order valence-electron chi connectivity index (χ4n) is 0.606. The van der Waals surface area contributed by atoms with E-state index in [0.717, 1.165) is 20.8 Å². The molecule has 0 aromatic heterocycles. The lowest BCUT2D eigenvalue weighted by Crippen LogP contribution is -2.39. The molecule has 132 valence electrons. The van der Waals surface area contributed by atoms with Crippen LogP contribution in [0, 0.1) is 0 Å². The van der Waals surface area contributed by atoms with Crippen LogP contribution in [0.5, 0.6) is 0 Å². The Balaban J connectivity index is 5.53. The molecule has 0 heterocycles. The molecular weight excluding hydrogens is 446 g/mol. The molecule has 16 heteroatoms. The van der Waals surface area contributed by atoms with Crippen molar-refractivity contribution in [1.29, 1.82) is 0 Å². The Morgan fingerprint density at radius 2 is 0.818 bits per heavy atom. The van der Waals surface area contributed by atoms with Crippen molar-refractivity contribution < 1.29 is 35.0 Å². The van der Waals surface area contributed by atoms with E-state index in [0.29, 0.717) is 0 Å². The van der Waals surface area contributed by atoms with Gasteiger partial charge in [0, 0.05) is 0 Å². The molecule has 3 atom stereocenters. The summed E-state index contributed by atoms with van der Waals surface area (Å²) in [5.74, 6) is 0. The second-order valence-corrected chi connectivity index (χ2v) is 14.4. The van der Waals surface area contributed by atoms with Gasteiger partial charge in [-0.15, -0.1) is 34.8 Å². The van der Waals surface area contributed by atoms with E-state index in [9.17, 15) is 25.3 Å². The van der Waals surface area contributed by atoms with Crippen LogP contribution in [0.3, 0.4) is 0 Å². The predicted octanol–water partition coefficient (Wildman–Crippen LogP) is 0.765. The summed E-state index contributed by atoms with van der Waals surface area (Å²) in [6.45, 7) is 3.00. The van der Waals surface area contributed by atoms with Crippen molar-refractivity contribution in [3.05, 3.63) is 0 Å². The highest BCUT2D eigenvalue weighted by Gasteiger charge is 2.48. The van der Waals surface area contributed by atoms with Crippen LogP contribution in [0.1, 0.15) is 20.8 Å². The Morgan fingerprint density at radius 3 is 0.955 bits per heavy atom. The van der Waals surface area contributed by atoms with E-state index in [1.54, 1.807) is 0 Å². The van der Waals surface area contributed by atoms with Gasteiger partial charge in [0.2, 0.25) is 0 Å². The Kier molecular flexibility index (Phi) is 8.92. The first-order valence-electron chi connectivity index (χ1n) is 5.30. The molecule has 0 spiro atoms. The van der Waals surface area contributed by atoms with Crippen molar-refractivity contribution in [3.8, 4) is 0 Å². The minimum Gasteiger partial charge on any atom is -0.340 e. The topological polar surface area (TPSA) is 130 Å². The fourth-order valence-corrected chi connectivity index (χ4v) is 7.46. The van der Waals surface area contributed by atoms with Gasteiger partial charge in [-0.3, -0.25) is 0 Å². The first-order chi connectivity index (χ1) is 9.62. The van der Waals surface area contributed by atoms with E-state index in [4.69, 9.17) is 34.8 Å². The summed E-state index contributed by atoms with van der Waals surface area (Å²) >= 11 is 11.7. The van der Waals surface area contributed by atoms with Crippen LogP contribution in [-0.4, -0.2) is 54.5 Å². The molecule has 0 N–H and O–H groups in total. The molecule has 0 bridgehead atoms. The van der Waals surface area contributed by atoms with Crippen molar-refractivity contribution in [2.45, 2.75) is 34.9 Å². The molecule has 0 aliphatic carbocycles. The summed E-state index contributed by atoms with van der Waals surface area (Å²) in [5.41, 5.74) is 0. The van der Waals surface area contributed by atoms with E-state index in [-0.39, 0.29) is 0 Å². The Labute approximate surface area is 149 Å². The van der Waals surface area contributed by atoms with Crippen molar-refractivity contribution in [3.63, 3.8) is 0 Å². The largest absolute Gasteiger partial charge is 0.951 e. The maximum Gasteiger partial charge on any atom is 0.951 e. The molecule has 0 aliphatic rings. The maximum atomic E-state index is 11.5. The lowest BCUT2D eigenvalue weighted by Gasteiger charge is -2.16. The smallest absolute Gasteiger partial charge is 0.340 e. The number of alkyl halides is 3. The van der Waals surface area contributed by atoms with Crippen LogP contribution in [0.2, 0.25) is 0 Å². The van der Waals surface area contributed by atoms with Gasteiger partial charge in [0.05, 0.1) is 0 Å². The first kappa shape index (κ1) is 23.1. The van der Waals surface area contributed by atoms with Crippen molar-refractivity contribution in [1.82, 2.24) is 0 Å². The highest BCUT2D eigenvalue weighted by Crippen LogP contribution is 2.18. The quantitative estimate of drug-likeness (QED) is 0.364. The van der Waals surface area contributed by atoms with Crippen LogP contribution in [0.15, 0.2) is 0 Å². The van der Waals surface area contributed by atoms with E-state index in [1.807, 2.05) is 0 Å². The lowest BCUT2D eigenvalue weighted by molar-refractivity contribution is 0.310. The van der Waals surface area contributed by atoms with Crippen molar-refractivity contribution in [2.75, 3.05) is 0 Å². The van der Waals surface area contributed by atoms with Gasteiger partial charge in [0.15, 0.2) is 14.1 Å². The molecule has 0 aliphatic heterocycles. The fraction of sp³-hybridized carbons (Fsp3) is 1.00. The minimum atomic E-state index is -4.53. The van der Waals surface area contributed by atoms with Gasteiger partial charge in [-0.1, -0.05) is 0 Å². The molecule has 0 amide bonds. The zero-order valence-electron chi connectivity index (χ0n) is 11.3. The Hall–Kier alpha value is 1.13. The minimum absolute atomic E-state index is 1.000. The van der Waals surface area contributed by atoms with Crippen LogP contribution >= 0.6 is 34.8 Å². The van der Waals surface area contributed by atoms with Gasteiger partial charge >= 0.3 is 15.1 Å². The van der Waals surface area contributed by atoms with E-state index in [1.165, 1.54) is 0 Å². The number of rotatable bonds is 9. The normalized spacial score (nSPS) is 17.7. The summed E-state index contributed by atoms with van der Waals surface area (Å²) in [6.07, 6.45) is 0.